The summed E-state index contributed by atoms with van der Waals surface area (Å²) in [6.45, 7) is 2.01. The number of aromatic nitrogens is 1. The quantitative estimate of drug-likeness (QED) is 0.780. The van der Waals surface area contributed by atoms with E-state index in [9.17, 15) is 0 Å². The summed E-state index contributed by atoms with van der Waals surface area (Å²) in [6, 6.07) is 19.3. The molecule has 0 radical (unpaired) electrons. The fourth-order valence-electron chi connectivity index (χ4n) is 2.32. The molecule has 0 spiro atoms. The fraction of sp³-hybridized carbons (Fsp3) is 0.167. The summed E-state index contributed by atoms with van der Waals surface area (Å²) in [5, 5.41) is 3.54. The molecule has 0 fully saturated rings. The third-order valence-corrected chi connectivity index (χ3v) is 4.24. The summed E-state index contributed by atoms with van der Waals surface area (Å²) in [6.07, 6.45) is 2.79. The number of benzene rings is 2. The maximum Gasteiger partial charge on any atom is 0.101 e. The Morgan fingerprint density at radius 3 is 2.57 bits per heavy atom. The number of rotatable bonds is 4. The van der Waals surface area contributed by atoms with Crippen molar-refractivity contribution in [3.63, 3.8) is 0 Å². The average Bonchev–Trinajstić information content (AvgIpc) is 2.49. The van der Waals surface area contributed by atoms with Crippen LogP contribution in [0.5, 0.6) is 0 Å². The van der Waals surface area contributed by atoms with Gasteiger partial charge in [-0.2, -0.15) is 0 Å². The van der Waals surface area contributed by atoms with Crippen LogP contribution in [0.3, 0.4) is 0 Å². The number of pyridine rings is 1. The van der Waals surface area contributed by atoms with E-state index >= 15 is 0 Å². The zero-order valence-electron chi connectivity index (χ0n) is 12.0. The lowest BCUT2D eigenvalue weighted by Crippen LogP contribution is -2.17. The molecule has 3 rings (SSSR count). The van der Waals surface area contributed by atoms with Crippen molar-refractivity contribution in [1.82, 2.24) is 4.98 Å². The Kier molecular flexibility index (Phi) is 4.23. The van der Waals surface area contributed by atoms with Crippen LogP contribution in [-0.4, -0.2) is 11.0 Å². The van der Waals surface area contributed by atoms with Crippen LogP contribution in [0, 0.1) is 0 Å². The number of nitrogens with zero attached hydrogens (tertiary/aromatic N) is 1. The first kappa shape index (κ1) is 14.1. The van der Waals surface area contributed by atoms with Crippen molar-refractivity contribution < 1.29 is 0 Å². The molecule has 3 aromatic rings. The molecule has 2 nitrogen and oxygen atoms in total. The molecule has 0 saturated heterocycles. The molecule has 0 aliphatic heterocycles. The Labute approximate surface area is 129 Å². The largest absolute Gasteiger partial charge is 0.328 e. The average molecular weight is 294 g/mol. The van der Waals surface area contributed by atoms with Crippen molar-refractivity contribution in [2.24, 2.45) is 5.73 Å². The van der Waals surface area contributed by atoms with Crippen LogP contribution >= 0.6 is 11.8 Å². The topological polar surface area (TPSA) is 38.9 Å². The molecule has 3 heteroatoms. The molecule has 0 bridgehead atoms. The van der Waals surface area contributed by atoms with Crippen LogP contribution in [0.15, 0.2) is 70.7 Å². The normalized spacial score (nSPS) is 12.5. The molecule has 106 valence electrons. The van der Waals surface area contributed by atoms with Crippen LogP contribution in [0.2, 0.25) is 0 Å². The van der Waals surface area contributed by atoms with E-state index in [0.29, 0.717) is 0 Å². The molecule has 1 aromatic heterocycles. The summed E-state index contributed by atoms with van der Waals surface area (Å²) in [7, 11) is 0. The van der Waals surface area contributed by atoms with Gasteiger partial charge in [0.1, 0.15) is 5.03 Å². The first-order valence-electron chi connectivity index (χ1n) is 7.08. The molecular weight excluding hydrogens is 276 g/mol. The van der Waals surface area contributed by atoms with Gasteiger partial charge in [0.2, 0.25) is 0 Å². The van der Waals surface area contributed by atoms with Gasteiger partial charge in [0.15, 0.2) is 0 Å². The SMILES string of the molecule is CC(N)Cc1ccc(Sc2ccc3ccccc3c2)nc1. The molecule has 0 aliphatic rings. The maximum absolute atomic E-state index is 5.81. The molecule has 0 aliphatic carbocycles. The Morgan fingerprint density at radius 2 is 1.86 bits per heavy atom. The minimum Gasteiger partial charge on any atom is -0.328 e. The highest BCUT2D eigenvalue weighted by molar-refractivity contribution is 7.99. The minimum absolute atomic E-state index is 0.172. The molecular formula is C18H18N2S. The van der Waals surface area contributed by atoms with Crippen LogP contribution in [0.1, 0.15) is 12.5 Å². The first-order chi connectivity index (χ1) is 10.2. The summed E-state index contributed by atoms with van der Waals surface area (Å²) < 4.78 is 0. The van der Waals surface area contributed by atoms with E-state index in [1.54, 1.807) is 11.8 Å². The van der Waals surface area contributed by atoms with Gasteiger partial charge in [-0.15, -0.1) is 0 Å². The number of hydrogen-bond acceptors (Lipinski definition) is 3. The van der Waals surface area contributed by atoms with Crippen molar-refractivity contribution in [1.29, 1.82) is 0 Å². The standard InChI is InChI=1S/C18H18N2S/c1-13(19)10-14-6-9-18(20-12-14)21-17-8-7-15-4-2-3-5-16(15)11-17/h2-9,11-13H,10,19H2,1H3. The van der Waals surface area contributed by atoms with Gasteiger partial charge >= 0.3 is 0 Å². The molecule has 1 unspecified atom stereocenters. The fourth-order valence-corrected chi connectivity index (χ4v) is 3.12. The monoisotopic (exact) mass is 294 g/mol. The molecule has 21 heavy (non-hydrogen) atoms. The van der Waals surface area contributed by atoms with E-state index in [2.05, 4.69) is 59.6 Å². The van der Waals surface area contributed by atoms with Gasteiger partial charge in [-0.05, 0) is 47.9 Å². The van der Waals surface area contributed by atoms with E-state index in [4.69, 9.17) is 5.73 Å². The van der Waals surface area contributed by atoms with Gasteiger partial charge < -0.3 is 5.73 Å². The number of hydrogen-bond donors (Lipinski definition) is 1. The molecule has 0 amide bonds. The van der Waals surface area contributed by atoms with Crippen molar-refractivity contribution >= 4 is 22.5 Å². The van der Waals surface area contributed by atoms with E-state index < -0.39 is 0 Å². The minimum atomic E-state index is 0.172. The molecule has 2 N–H and O–H groups in total. The lowest BCUT2D eigenvalue weighted by Gasteiger charge is -2.06. The highest BCUT2D eigenvalue weighted by atomic mass is 32.2. The number of nitrogens with two attached hydrogens (primary N) is 1. The third kappa shape index (κ3) is 3.63. The van der Waals surface area contributed by atoms with Crippen molar-refractivity contribution in [2.45, 2.75) is 29.3 Å². The summed E-state index contributed by atoms with van der Waals surface area (Å²) in [5.41, 5.74) is 6.99. The summed E-state index contributed by atoms with van der Waals surface area (Å²) in [4.78, 5) is 5.72. The zero-order valence-corrected chi connectivity index (χ0v) is 12.8. The van der Waals surface area contributed by atoms with E-state index in [-0.39, 0.29) is 6.04 Å². The van der Waals surface area contributed by atoms with E-state index in [1.165, 1.54) is 21.2 Å². The van der Waals surface area contributed by atoms with Gasteiger partial charge in [0.05, 0.1) is 0 Å². The summed E-state index contributed by atoms with van der Waals surface area (Å²) in [5.74, 6) is 0. The second-order valence-corrected chi connectivity index (χ2v) is 6.39. The maximum atomic E-state index is 5.81. The van der Waals surface area contributed by atoms with Crippen molar-refractivity contribution in [3.8, 4) is 0 Å². The van der Waals surface area contributed by atoms with Gasteiger partial charge in [-0.1, -0.05) is 48.2 Å². The van der Waals surface area contributed by atoms with Crippen LogP contribution < -0.4 is 5.73 Å². The van der Waals surface area contributed by atoms with Gasteiger partial charge in [0.25, 0.3) is 0 Å². The second-order valence-electron chi connectivity index (χ2n) is 5.30. The highest BCUT2D eigenvalue weighted by Crippen LogP contribution is 2.28. The highest BCUT2D eigenvalue weighted by Gasteiger charge is 2.02. The molecule has 0 saturated carbocycles. The van der Waals surface area contributed by atoms with Crippen LogP contribution in [-0.2, 0) is 6.42 Å². The van der Waals surface area contributed by atoms with Crippen molar-refractivity contribution in [3.05, 3.63) is 66.4 Å². The lowest BCUT2D eigenvalue weighted by atomic mass is 10.1. The predicted octanol–water partition coefficient (Wildman–Crippen LogP) is 4.28. The van der Waals surface area contributed by atoms with Crippen molar-refractivity contribution in [2.75, 3.05) is 0 Å². The molecule has 1 atom stereocenters. The third-order valence-electron chi connectivity index (χ3n) is 3.30. The Hall–Kier alpha value is -1.84. The summed E-state index contributed by atoms with van der Waals surface area (Å²) >= 11 is 1.69. The van der Waals surface area contributed by atoms with Gasteiger partial charge in [-0.25, -0.2) is 4.98 Å². The molecule has 1 heterocycles. The van der Waals surface area contributed by atoms with E-state index in [0.717, 1.165) is 11.4 Å². The predicted molar refractivity (Wildman–Crippen MR) is 89.7 cm³/mol. The lowest BCUT2D eigenvalue weighted by molar-refractivity contribution is 0.734. The van der Waals surface area contributed by atoms with Crippen LogP contribution in [0.4, 0.5) is 0 Å². The Bertz CT molecular complexity index is 736. The van der Waals surface area contributed by atoms with Gasteiger partial charge in [-0.3, -0.25) is 0 Å². The van der Waals surface area contributed by atoms with Gasteiger partial charge in [0, 0.05) is 17.1 Å². The first-order valence-corrected chi connectivity index (χ1v) is 7.89. The van der Waals surface area contributed by atoms with Crippen LogP contribution in [0.25, 0.3) is 10.8 Å². The Morgan fingerprint density at radius 1 is 1.05 bits per heavy atom. The van der Waals surface area contributed by atoms with E-state index in [1.807, 2.05) is 13.1 Å². The molecule has 2 aromatic carbocycles. The zero-order chi connectivity index (χ0) is 14.7. The number of fused-ring (bicyclic) bond motifs is 1. The second kappa shape index (κ2) is 6.29. The Balaban J connectivity index is 1.78. The smallest absolute Gasteiger partial charge is 0.101 e.